The number of benzene rings is 1. The Morgan fingerprint density at radius 3 is 2.52 bits per heavy atom. The molecule has 2 heterocycles. The van der Waals surface area contributed by atoms with Crippen LogP contribution >= 0.6 is 11.3 Å². The maximum absolute atomic E-state index is 12.1. The van der Waals surface area contributed by atoms with Gasteiger partial charge in [-0.25, -0.2) is 4.98 Å². The maximum Gasteiger partial charge on any atom is 0.265 e. The molecule has 21 heavy (non-hydrogen) atoms. The number of amides is 1. The van der Waals surface area contributed by atoms with Gasteiger partial charge in [-0.3, -0.25) is 4.79 Å². The number of aryl methyl sites for hydroxylation is 2. The lowest BCUT2D eigenvalue weighted by atomic mass is 10.1. The second kappa shape index (κ2) is 5.54. The summed E-state index contributed by atoms with van der Waals surface area (Å²) >= 11 is 1.45. The van der Waals surface area contributed by atoms with Gasteiger partial charge in [-0.2, -0.15) is 0 Å². The Kier molecular flexibility index (Phi) is 3.58. The minimum absolute atomic E-state index is 0.0764. The number of aromatic nitrogens is 1. The van der Waals surface area contributed by atoms with Crippen LogP contribution in [0.5, 0.6) is 0 Å². The van der Waals surface area contributed by atoms with E-state index in [0.29, 0.717) is 5.89 Å². The Morgan fingerprint density at radius 1 is 1.19 bits per heavy atom. The van der Waals surface area contributed by atoms with Crippen LogP contribution in [0.3, 0.4) is 0 Å². The third kappa shape index (κ3) is 2.87. The molecular formula is C16H14N2O2S. The highest BCUT2D eigenvalue weighted by Crippen LogP contribution is 2.22. The standard InChI is InChI=1S/C16H14N2O2S/c1-10-7-8-21-15(10)16(19)18-13-5-3-12(4-6-13)14-9-20-11(2)17-14/h3-9H,1-2H3,(H,18,19). The topological polar surface area (TPSA) is 55.1 Å². The Balaban J connectivity index is 1.76. The summed E-state index contributed by atoms with van der Waals surface area (Å²) in [6.45, 7) is 3.74. The first kappa shape index (κ1) is 13.6. The molecule has 0 aliphatic carbocycles. The van der Waals surface area contributed by atoms with Crippen molar-refractivity contribution >= 4 is 22.9 Å². The molecule has 0 bridgehead atoms. The SMILES string of the molecule is Cc1nc(-c2ccc(NC(=O)c3sccc3C)cc2)co1. The molecule has 3 rings (SSSR count). The Hall–Kier alpha value is -2.40. The largest absolute Gasteiger partial charge is 0.449 e. The van der Waals surface area contributed by atoms with Crippen molar-refractivity contribution in [3.8, 4) is 11.3 Å². The van der Waals surface area contributed by atoms with Crippen LogP contribution in [-0.2, 0) is 0 Å². The Labute approximate surface area is 126 Å². The molecule has 2 aromatic heterocycles. The zero-order chi connectivity index (χ0) is 14.8. The van der Waals surface area contributed by atoms with Crippen LogP contribution in [0.1, 0.15) is 21.1 Å². The van der Waals surface area contributed by atoms with E-state index in [1.807, 2.05) is 42.6 Å². The van der Waals surface area contributed by atoms with E-state index in [2.05, 4.69) is 10.3 Å². The van der Waals surface area contributed by atoms with Crippen LogP contribution in [0.25, 0.3) is 11.3 Å². The van der Waals surface area contributed by atoms with E-state index in [1.165, 1.54) is 11.3 Å². The van der Waals surface area contributed by atoms with Crippen molar-refractivity contribution in [1.82, 2.24) is 4.98 Å². The van der Waals surface area contributed by atoms with E-state index in [-0.39, 0.29) is 5.91 Å². The molecule has 1 amide bonds. The van der Waals surface area contributed by atoms with Crippen molar-refractivity contribution in [2.45, 2.75) is 13.8 Å². The van der Waals surface area contributed by atoms with Gasteiger partial charge in [0.15, 0.2) is 5.89 Å². The molecule has 0 fully saturated rings. The van der Waals surface area contributed by atoms with Crippen molar-refractivity contribution in [3.05, 3.63) is 58.3 Å². The number of anilines is 1. The predicted molar refractivity (Wildman–Crippen MR) is 83.7 cm³/mol. The third-order valence-corrected chi connectivity index (χ3v) is 4.14. The van der Waals surface area contributed by atoms with Crippen LogP contribution in [0.2, 0.25) is 0 Å². The molecule has 0 aliphatic rings. The minimum atomic E-state index is -0.0764. The number of nitrogens with one attached hydrogen (secondary N) is 1. The van der Waals surface area contributed by atoms with Gasteiger partial charge in [0, 0.05) is 18.2 Å². The lowest BCUT2D eigenvalue weighted by Crippen LogP contribution is -2.11. The molecule has 0 saturated carbocycles. The fraction of sp³-hybridized carbons (Fsp3) is 0.125. The monoisotopic (exact) mass is 298 g/mol. The number of thiophene rings is 1. The Morgan fingerprint density at radius 2 is 1.95 bits per heavy atom. The van der Waals surface area contributed by atoms with Crippen molar-refractivity contribution in [3.63, 3.8) is 0 Å². The molecule has 0 radical (unpaired) electrons. The number of oxazole rings is 1. The van der Waals surface area contributed by atoms with E-state index in [1.54, 1.807) is 13.2 Å². The van der Waals surface area contributed by atoms with Gasteiger partial charge in [-0.05, 0) is 36.1 Å². The zero-order valence-electron chi connectivity index (χ0n) is 11.7. The first-order valence-electron chi connectivity index (χ1n) is 6.51. The summed E-state index contributed by atoms with van der Waals surface area (Å²) in [6, 6.07) is 9.48. The summed E-state index contributed by atoms with van der Waals surface area (Å²) in [6.07, 6.45) is 1.62. The average molecular weight is 298 g/mol. The van der Waals surface area contributed by atoms with E-state index in [9.17, 15) is 4.79 Å². The summed E-state index contributed by atoms with van der Waals surface area (Å²) in [5.41, 5.74) is 3.50. The fourth-order valence-electron chi connectivity index (χ4n) is 2.01. The van der Waals surface area contributed by atoms with Crippen molar-refractivity contribution in [2.24, 2.45) is 0 Å². The first-order valence-corrected chi connectivity index (χ1v) is 7.39. The summed E-state index contributed by atoms with van der Waals surface area (Å²) in [4.78, 5) is 17.1. The van der Waals surface area contributed by atoms with E-state index < -0.39 is 0 Å². The third-order valence-electron chi connectivity index (χ3n) is 3.13. The van der Waals surface area contributed by atoms with Gasteiger partial charge in [0.05, 0.1) is 4.88 Å². The summed E-state index contributed by atoms with van der Waals surface area (Å²) in [5, 5.41) is 4.81. The number of hydrogen-bond donors (Lipinski definition) is 1. The van der Waals surface area contributed by atoms with Crippen molar-refractivity contribution in [2.75, 3.05) is 5.32 Å². The number of carbonyl (C=O) groups excluding carboxylic acids is 1. The number of nitrogens with zero attached hydrogens (tertiary/aromatic N) is 1. The average Bonchev–Trinajstić information content (AvgIpc) is 3.08. The molecule has 0 unspecified atom stereocenters. The quantitative estimate of drug-likeness (QED) is 0.785. The van der Waals surface area contributed by atoms with E-state index in [0.717, 1.165) is 27.4 Å². The van der Waals surface area contributed by atoms with E-state index in [4.69, 9.17) is 4.42 Å². The molecule has 4 nitrogen and oxygen atoms in total. The summed E-state index contributed by atoms with van der Waals surface area (Å²) in [5.74, 6) is 0.558. The first-order chi connectivity index (χ1) is 10.1. The normalized spacial score (nSPS) is 10.6. The lowest BCUT2D eigenvalue weighted by molar-refractivity contribution is 0.103. The fourth-order valence-corrected chi connectivity index (χ4v) is 2.83. The van der Waals surface area contributed by atoms with Gasteiger partial charge in [0.2, 0.25) is 0 Å². The van der Waals surface area contributed by atoms with Gasteiger partial charge >= 0.3 is 0 Å². The molecule has 3 aromatic rings. The number of rotatable bonds is 3. The van der Waals surface area contributed by atoms with Crippen molar-refractivity contribution in [1.29, 1.82) is 0 Å². The van der Waals surface area contributed by atoms with Crippen molar-refractivity contribution < 1.29 is 9.21 Å². The summed E-state index contributed by atoms with van der Waals surface area (Å²) < 4.78 is 5.20. The van der Waals surface area contributed by atoms with Gasteiger partial charge < -0.3 is 9.73 Å². The highest BCUT2D eigenvalue weighted by Gasteiger charge is 2.11. The lowest BCUT2D eigenvalue weighted by Gasteiger charge is -2.05. The van der Waals surface area contributed by atoms with Crippen LogP contribution < -0.4 is 5.32 Å². The minimum Gasteiger partial charge on any atom is -0.449 e. The highest BCUT2D eigenvalue weighted by atomic mass is 32.1. The molecule has 0 saturated heterocycles. The molecule has 5 heteroatoms. The smallest absolute Gasteiger partial charge is 0.265 e. The van der Waals surface area contributed by atoms with Gasteiger partial charge in [0.1, 0.15) is 12.0 Å². The zero-order valence-corrected chi connectivity index (χ0v) is 12.5. The van der Waals surface area contributed by atoms with Crippen LogP contribution in [0, 0.1) is 13.8 Å². The molecule has 0 aliphatic heterocycles. The molecule has 0 atom stereocenters. The Bertz CT molecular complexity index is 772. The van der Waals surface area contributed by atoms with Gasteiger partial charge in [-0.1, -0.05) is 12.1 Å². The predicted octanol–water partition coefficient (Wildman–Crippen LogP) is 4.27. The van der Waals surface area contributed by atoms with Gasteiger partial charge in [-0.15, -0.1) is 11.3 Å². The van der Waals surface area contributed by atoms with Crippen LogP contribution in [0.4, 0.5) is 5.69 Å². The second-order valence-corrected chi connectivity index (χ2v) is 5.63. The maximum atomic E-state index is 12.1. The molecule has 106 valence electrons. The van der Waals surface area contributed by atoms with Crippen LogP contribution in [0.15, 0.2) is 46.4 Å². The number of carbonyl (C=O) groups is 1. The number of hydrogen-bond acceptors (Lipinski definition) is 4. The molecule has 0 spiro atoms. The van der Waals surface area contributed by atoms with Crippen LogP contribution in [-0.4, -0.2) is 10.9 Å². The molecule has 1 aromatic carbocycles. The molecule has 1 N–H and O–H groups in total. The molecular weight excluding hydrogens is 284 g/mol. The highest BCUT2D eigenvalue weighted by molar-refractivity contribution is 7.12. The summed E-state index contributed by atoms with van der Waals surface area (Å²) in [7, 11) is 0. The van der Waals surface area contributed by atoms with E-state index >= 15 is 0 Å². The van der Waals surface area contributed by atoms with Gasteiger partial charge in [0.25, 0.3) is 5.91 Å². The second-order valence-electron chi connectivity index (χ2n) is 4.72.